The number of phenolic OH excluding ortho intramolecular Hbond substituents is 1. The molecule has 1 aliphatic heterocycles. The second kappa shape index (κ2) is 9.40. The normalized spacial score (nSPS) is 17.2. The number of carboxylic acid groups (broad SMARTS) is 1. The molecule has 34 heavy (non-hydrogen) atoms. The Morgan fingerprint density at radius 3 is 2.47 bits per heavy atom. The number of thioether (sulfide) groups is 1. The molecule has 1 amide bonds. The molecule has 1 atom stereocenters. The second-order valence-corrected chi connectivity index (χ2v) is 8.63. The number of carbonyl (C=O) groups excluding carboxylic acids is 1. The number of nitrogens with zero attached hydrogens (tertiary/aromatic N) is 5. The van der Waals surface area contributed by atoms with E-state index >= 15 is 0 Å². The molecule has 10 nitrogen and oxygen atoms in total. The van der Waals surface area contributed by atoms with Crippen LogP contribution in [0.3, 0.4) is 0 Å². The van der Waals surface area contributed by atoms with Crippen molar-refractivity contribution in [2.24, 2.45) is 17.1 Å². The molecule has 0 spiro atoms. The number of aromatic hydroxyl groups is 1. The van der Waals surface area contributed by atoms with Crippen LogP contribution >= 0.6 is 11.8 Å². The fourth-order valence-corrected chi connectivity index (χ4v) is 4.48. The van der Waals surface area contributed by atoms with Gasteiger partial charge in [-0.15, -0.1) is 0 Å². The van der Waals surface area contributed by atoms with E-state index in [-0.39, 0.29) is 16.6 Å². The molecule has 0 unspecified atom stereocenters. The number of hydrogen-bond acceptors (Lipinski definition) is 7. The SMILES string of the molecule is Cc1c(N=C2S[C@@H](CC(=O)O)C(=O)N2/N=C/c2ccccc2O)c(=O)n(-c2ccccc2)n1C. The minimum absolute atomic E-state index is 0.0317. The fraction of sp³-hybridized carbons (Fsp3) is 0.174. The molecular formula is C23H21N5O5S. The first kappa shape index (κ1) is 23.1. The lowest BCUT2D eigenvalue weighted by Gasteiger charge is -2.09. The highest BCUT2D eigenvalue weighted by molar-refractivity contribution is 8.15. The third-order valence-corrected chi connectivity index (χ3v) is 6.38. The number of amides is 1. The topological polar surface area (TPSA) is 129 Å². The number of benzene rings is 2. The van der Waals surface area contributed by atoms with E-state index < -0.39 is 29.1 Å². The van der Waals surface area contributed by atoms with Crippen LogP contribution in [0.2, 0.25) is 0 Å². The van der Waals surface area contributed by atoms with Crippen molar-refractivity contribution in [3.63, 3.8) is 0 Å². The molecule has 1 fully saturated rings. The number of phenols is 1. The lowest BCUT2D eigenvalue weighted by molar-refractivity contribution is -0.139. The van der Waals surface area contributed by atoms with Gasteiger partial charge in [-0.05, 0) is 31.2 Å². The van der Waals surface area contributed by atoms with Gasteiger partial charge in [0.1, 0.15) is 11.0 Å². The molecule has 0 aliphatic carbocycles. The maximum absolute atomic E-state index is 13.2. The summed E-state index contributed by atoms with van der Waals surface area (Å²) < 4.78 is 3.11. The summed E-state index contributed by atoms with van der Waals surface area (Å²) in [4.78, 5) is 41.8. The monoisotopic (exact) mass is 479 g/mol. The molecule has 4 rings (SSSR count). The van der Waals surface area contributed by atoms with Crippen molar-refractivity contribution >= 4 is 40.7 Å². The molecule has 2 N–H and O–H groups in total. The maximum atomic E-state index is 13.2. The van der Waals surface area contributed by atoms with Gasteiger partial charge >= 0.3 is 5.97 Å². The molecule has 0 radical (unpaired) electrons. The van der Waals surface area contributed by atoms with E-state index in [1.165, 1.54) is 17.0 Å². The number of aliphatic carboxylic acids is 1. The van der Waals surface area contributed by atoms with Crippen LogP contribution in [-0.4, -0.2) is 53.1 Å². The molecule has 1 aromatic heterocycles. The van der Waals surface area contributed by atoms with E-state index in [1.807, 2.05) is 18.2 Å². The van der Waals surface area contributed by atoms with Gasteiger partial charge in [-0.1, -0.05) is 42.1 Å². The summed E-state index contributed by atoms with van der Waals surface area (Å²) in [5.74, 6) is -1.75. The molecule has 174 valence electrons. The number of aromatic nitrogens is 2. The smallest absolute Gasteiger partial charge is 0.305 e. The molecule has 0 bridgehead atoms. The van der Waals surface area contributed by atoms with Gasteiger partial charge in [0, 0.05) is 12.6 Å². The summed E-state index contributed by atoms with van der Waals surface area (Å²) in [6, 6.07) is 15.5. The summed E-state index contributed by atoms with van der Waals surface area (Å²) in [7, 11) is 1.72. The van der Waals surface area contributed by atoms with Crippen LogP contribution in [0.1, 0.15) is 17.7 Å². The molecule has 0 saturated carbocycles. The fourth-order valence-electron chi connectivity index (χ4n) is 3.42. The van der Waals surface area contributed by atoms with Crippen LogP contribution in [0.4, 0.5) is 5.69 Å². The average molecular weight is 480 g/mol. The molecule has 2 aromatic carbocycles. The first-order chi connectivity index (χ1) is 16.3. The van der Waals surface area contributed by atoms with Crippen molar-refractivity contribution in [3.05, 3.63) is 76.2 Å². The number of amidine groups is 1. The number of carbonyl (C=O) groups is 2. The van der Waals surface area contributed by atoms with Crippen molar-refractivity contribution in [2.45, 2.75) is 18.6 Å². The lowest BCUT2D eigenvalue weighted by atomic mass is 10.2. The molecule has 1 saturated heterocycles. The van der Waals surface area contributed by atoms with E-state index in [9.17, 15) is 24.6 Å². The van der Waals surface area contributed by atoms with Crippen LogP contribution in [0.15, 0.2) is 69.5 Å². The highest BCUT2D eigenvalue weighted by Gasteiger charge is 2.40. The minimum atomic E-state index is -1.14. The summed E-state index contributed by atoms with van der Waals surface area (Å²) in [5.41, 5.74) is 1.29. The van der Waals surface area contributed by atoms with E-state index in [0.717, 1.165) is 16.8 Å². The van der Waals surface area contributed by atoms with Crippen LogP contribution in [0, 0.1) is 6.92 Å². The van der Waals surface area contributed by atoms with Gasteiger partial charge in [-0.25, -0.2) is 9.67 Å². The summed E-state index contributed by atoms with van der Waals surface area (Å²) >= 11 is 0.930. The van der Waals surface area contributed by atoms with Crippen molar-refractivity contribution < 1.29 is 19.8 Å². The number of rotatable bonds is 6. The van der Waals surface area contributed by atoms with Gasteiger partial charge in [0.2, 0.25) is 0 Å². The van der Waals surface area contributed by atoms with E-state index in [0.29, 0.717) is 16.9 Å². The van der Waals surface area contributed by atoms with Gasteiger partial charge in [-0.3, -0.25) is 19.1 Å². The Hall–Kier alpha value is -4.12. The van der Waals surface area contributed by atoms with Crippen molar-refractivity contribution in [3.8, 4) is 11.4 Å². The van der Waals surface area contributed by atoms with E-state index in [1.54, 1.807) is 49.0 Å². The zero-order valence-corrected chi connectivity index (χ0v) is 19.1. The van der Waals surface area contributed by atoms with E-state index in [2.05, 4.69) is 10.1 Å². The maximum Gasteiger partial charge on any atom is 0.305 e. The number of hydrogen-bond donors (Lipinski definition) is 2. The molecule has 3 aromatic rings. The summed E-state index contributed by atoms with van der Waals surface area (Å²) in [6.07, 6.45) is 0.861. The predicted molar refractivity (Wildman–Crippen MR) is 129 cm³/mol. The third-order valence-electron chi connectivity index (χ3n) is 5.25. The zero-order chi connectivity index (χ0) is 24.4. The van der Waals surface area contributed by atoms with Gasteiger partial charge < -0.3 is 10.2 Å². The van der Waals surface area contributed by atoms with Gasteiger partial charge in [0.15, 0.2) is 10.9 Å². The highest BCUT2D eigenvalue weighted by Crippen LogP contribution is 2.32. The van der Waals surface area contributed by atoms with Crippen LogP contribution in [-0.2, 0) is 16.6 Å². The second-order valence-electron chi connectivity index (χ2n) is 7.46. The van der Waals surface area contributed by atoms with Crippen LogP contribution < -0.4 is 5.56 Å². The van der Waals surface area contributed by atoms with Gasteiger partial charge in [0.25, 0.3) is 11.5 Å². The van der Waals surface area contributed by atoms with Crippen molar-refractivity contribution in [1.29, 1.82) is 0 Å². The first-order valence-electron chi connectivity index (χ1n) is 10.2. The Bertz CT molecular complexity index is 1380. The third kappa shape index (κ3) is 4.37. The lowest BCUT2D eigenvalue weighted by Crippen LogP contribution is -2.28. The van der Waals surface area contributed by atoms with Crippen LogP contribution in [0.5, 0.6) is 5.75 Å². The Balaban J connectivity index is 1.78. The van der Waals surface area contributed by atoms with Crippen molar-refractivity contribution in [1.82, 2.24) is 14.4 Å². The minimum Gasteiger partial charge on any atom is -0.507 e. The molecule has 11 heteroatoms. The van der Waals surface area contributed by atoms with Crippen LogP contribution in [0.25, 0.3) is 5.69 Å². The Morgan fingerprint density at radius 2 is 1.79 bits per heavy atom. The highest BCUT2D eigenvalue weighted by atomic mass is 32.2. The largest absolute Gasteiger partial charge is 0.507 e. The Labute approximate surface area is 198 Å². The number of carboxylic acids is 1. The van der Waals surface area contributed by atoms with Gasteiger partial charge in [0.05, 0.1) is 24.0 Å². The molecule has 1 aliphatic rings. The Morgan fingerprint density at radius 1 is 1.12 bits per heavy atom. The van der Waals surface area contributed by atoms with Gasteiger partial charge in [-0.2, -0.15) is 10.1 Å². The molecule has 2 heterocycles. The average Bonchev–Trinajstić information content (AvgIpc) is 3.21. The first-order valence-corrected chi connectivity index (χ1v) is 11.1. The quantitative estimate of drug-likeness (QED) is 0.523. The summed E-state index contributed by atoms with van der Waals surface area (Å²) in [6.45, 7) is 1.73. The predicted octanol–water partition coefficient (Wildman–Crippen LogP) is 2.63. The standard InChI is InChI=1S/C23H21N5O5S/c1-14-20(22(33)28(26(14)2)16-9-4-3-5-10-16)25-23-27(21(32)18(34-23)12-19(30)31)24-13-15-8-6-7-11-17(15)29/h3-11,13,18,29H,12H2,1-2H3,(H,30,31)/b24-13+,25-23?/t18-/m0/s1. The summed E-state index contributed by atoms with van der Waals surface area (Å²) in [5, 5.41) is 23.4. The zero-order valence-electron chi connectivity index (χ0n) is 18.3. The number of hydrazone groups is 1. The Kier molecular flexibility index (Phi) is 6.37. The number of para-hydroxylation sites is 2. The molecular weight excluding hydrogens is 458 g/mol. The van der Waals surface area contributed by atoms with Crippen molar-refractivity contribution in [2.75, 3.05) is 0 Å². The van der Waals surface area contributed by atoms with E-state index in [4.69, 9.17) is 0 Å². The number of aliphatic imine (C=N–C) groups is 1.